The van der Waals surface area contributed by atoms with E-state index in [1.54, 1.807) is 18.2 Å². The molecule has 2 aromatic rings. The molecule has 4 heteroatoms. The molecule has 0 aliphatic rings. The van der Waals surface area contributed by atoms with Crippen LogP contribution in [0.2, 0.25) is 0 Å². The largest absolute Gasteiger partial charge is 0.354 e. The lowest BCUT2D eigenvalue weighted by Crippen LogP contribution is -1.96. The Morgan fingerprint density at radius 3 is 2.53 bits per heavy atom. The second kappa shape index (κ2) is 4.62. The van der Waals surface area contributed by atoms with Gasteiger partial charge < -0.3 is 5.32 Å². The lowest BCUT2D eigenvalue weighted by atomic mass is 10.1. The molecule has 0 heterocycles. The molecule has 0 fully saturated rings. The highest BCUT2D eigenvalue weighted by atomic mass is 19.1. The van der Waals surface area contributed by atoms with Gasteiger partial charge in [0, 0.05) is 5.69 Å². The van der Waals surface area contributed by atoms with Crippen molar-refractivity contribution in [2.45, 2.75) is 0 Å². The molecule has 0 unspecified atom stereocenters. The Morgan fingerprint density at radius 2 is 1.82 bits per heavy atom. The molecule has 0 saturated heterocycles. The SMILES string of the molecule is N#Cc1c(F)cccc1Nc1cccc(F)c1. The van der Waals surface area contributed by atoms with Gasteiger partial charge in [-0.15, -0.1) is 0 Å². The van der Waals surface area contributed by atoms with Crippen LogP contribution in [0.15, 0.2) is 42.5 Å². The van der Waals surface area contributed by atoms with Gasteiger partial charge in [0.25, 0.3) is 0 Å². The minimum atomic E-state index is -0.603. The monoisotopic (exact) mass is 230 g/mol. The molecule has 2 rings (SSSR count). The lowest BCUT2D eigenvalue weighted by molar-refractivity contribution is 0.624. The van der Waals surface area contributed by atoms with Crippen LogP contribution >= 0.6 is 0 Å². The summed E-state index contributed by atoms with van der Waals surface area (Å²) < 4.78 is 26.2. The molecule has 1 N–H and O–H groups in total. The normalized spacial score (nSPS) is 9.71. The highest BCUT2D eigenvalue weighted by Gasteiger charge is 2.07. The second-order valence-corrected chi connectivity index (χ2v) is 3.41. The smallest absolute Gasteiger partial charge is 0.143 e. The third-order valence-electron chi connectivity index (χ3n) is 2.23. The van der Waals surface area contributed by atoms with Crippen LogP contribution in [0, 0.1) is 23.0 Å². The van der Waals surface area contributed by atoms with Crippen molar-refractivity contribution in [2.24, 2.45) is 0 Å². The number of halogens is 2. The minimum absolute atomic E-state index is 0.0863. The van der Waals surface area contributed by atoms with Crippen molar-refractivity contribution in [3.05, 3.63) is 59.7 Å². The van der Waals surface area contributed by atoms with E-state index in [0.29, 0.717) is 11.4 Å². The molecule has 0 aliphatic heterocycles. The number of nitrogens with zero attached hydrogens (tertiary/aromatic N) is 1. The number of rotatable bonds is 2. The molecule has 0 bridgehead atoms. The molecule has 0 atom stereocenters. The Balaban J connectivity index is 2.37. The van der Waals surface area contributed by atoms with Crippen LogP contribution in [0.1, 0.15) is 5.56 Å². The first-order valence-electron chi connectivity index (χ1n) is 4.92. The van der Waals surface area contributed by atoms with E-state index in [0.717, 1.165) is 0 Å². The van der Waals surface area contributed by atoms with Crippen LogP contribution in [0.5, 0.6) is 0 Å². The standard InChI is InChI=1S/C13H8F2N2/c14-9-3-1-4-10(7-9)17-13-6-2-5-12(15)11(13)8-16/h1-7,17H. The summed E-state index contributed by atoms with van der Waals surface area (Å²) in [7, 11) is 0. The van der Waals surface area contributed by atoms with Crippen molar-refractivity contribution in [2.75, 3.05) is 5.32 Å². The number of anilines is 2. The fourth-order valence-electron chi connectivity index (χ4n) is 1.46. The molecule has 0 aliphatic carbocycles. The Morgan fingerprint density at radius 1 is 1.06 bits per heavy atom. The maximum absolute atomic E-state index is 13.3. The van der Waals surface area contributed by atoms with Gasteiger partial charge in [0.2, 0.25) is 0 Å². The third kappa shape index (κ3) is 2.40. The van der Waals surface area contributed by atoms with E-state index >= 15 is 0 Å². The van der Waals surface area contributed by atoms with Crippen LogP contribution in [-0.2, 0) is 0 Å². The Kier molecular flexibility index (Phi) is 3.01. The summed E-state index contributed by atoms with van der Waals surface area (Å²) in [5, 5.41) is 11.6. The van der Waals surface area contributed by atoms with Crippen molar-refractivity contribution in [1.82, 2.24) is 0 Å². The average Bonchev–Trinajstić information content (AvgIpc) is 2.29. The van der Waals surface area contributed by atoms with Crippen LogP contribution in [0.25, 0.3) is 0 Å². The van der Waals surface area contributed by atoms with E-state index in [2.05, 4.69) is 5.32 Å². The van der Waals surface area contributed by atoms with Gasteiger partial charge in [0.1, 0.15) is 23.3 Å². The zero-order valence-corrected chi connectivity index (χ0v) is 8.74. The van der Waals surface area contributed by atoms with E-state index in [1.807, 2.05) is 0 Å². The third-order valence-corrected chi connectivity index (χ3v) is 2.23. The van der Waals surface area contributed by atoms with Crippen LogP contribution < -0.4 is 5.32 Å². The summed E-state index contributed by atoms with van der Waals surface area (Å²) in [6.07, 6.45) is 0. The van der Waals surface area contributed by atoms with Crippen molar-refractivity contribution >= 4 is 11.4 Å². The zero-order valence-electron chi connectivity index (χ0n) is 8.74. The highest BCUT2D eigenvalue weighted by molar-refractivity contribution is 5.66. The number of benzene rings is 2. The molecule has 2 aromatic carbocycles. The first-order valence-corrected chi connectivity index (χ1v) is 4.92. The van der Waals surface area contributed by atoms with E-state index in [1.165, 1.54) is 30.3 Å². The van der Waals surface area contributed by atoms with Crippen molar-refractivity contribution in [3.8, 4) is 6.07 Å². The van der Waals surface area contributed by atoms with Gasteiger partial charge in [0.05, 0.1) is 5.69 Å². The van der Waals surface area contributed by atoms with Gasteiger partial charge >= 0.3 is 0 Å². The average molecular weight is 230 g/mol. The summed E-state index contributed by atoms with van der Waals surface area (Å²) in [6.45, 7) is 0. The molecule has 0 aromatic heterocycles. The molecule has 0 spiro atoms. The maximum Gasteiger partial charge on any atom is 0.143 e. The van der Waals surface area contributed by atoms with Crippen LogP contribution in [-0.4, -0.2) is 0 Å². The summed E-state index contributed by atoms with van der Waals surface area (Å²) in [5.41, 5.74) is 0.696. The minimum Gasteiger partial charge on any atom is -0.354 e. The van der Waals surface area contributed by atoms with E-state index < -0.39 is 11.6 Å². The first-order chi connectivity index (χ1) is 8.20. The van der Waals surface area contributed by atoms with Gasteiger partial charge in [-0.05, 0) is 30.3 Å². The second-order valence-electron chi connectivity index (χ2n) is 3.41. The molecule has 2 nitrogen and oxygen atoms in total. The molecule has 0 amide bonds. The number of hydrogen-bond acceptors (Lipinski definition) is 2. The highest BCUT2D eigenvalue weighted by Crippen LogP contribution is 2.22. The summed E-state index contributed by atoms with van der Waals surface area (Å²) in [4.78, 5) is 0. The van der Waals surface area contributed by atoms with Crippen LogP contribution in [0.4, 0.5) is 20.2 Å². The maximum atomic E-state index is 13.3. The Hall–Kier alpha value is -2.41. The summed E-state index contributed by atoms with van der Waals surface area (Å²) >= 11 is 0. The van der Waals surface area contributed by atoms with Crippen molar-refractivity contribution in [1.29, 1.82) is 5.26 Å². The number of nitriles is 1. The van der Waals surface area contributed by atoms with E-state index in [-0.39, 0.29) is 5.56 Å². The fraction of sp³-hybridized carbons (Fsp3) is 0. The van der Waals surface area contributed by atoms with Gasteiger partial charge in [-0.25, -0.2) is 8.78 Å². The van der Waals surface area contributed by atoms with E-state index in [4.69, 9.17) is 5.26 Å². The Labute approximate surface area is 97.1 Å². The van der Waals surface area contributed by atoms with E-state index in [9.17, 15) is 8.78 Å². The van der Waals surface area contributed by atoms with Crippen LogP contribution in [0.3, 0.4) is 0 Å². The Bertz CT molecular complexity index is 588. The molecule has 84 valence electrons. The van der Waals surface area contributed by atoms with Gasteiger partial charge in [0.15, 0.2) is 0 Å². The van der Waals surface area contributed by atoms with Gasteiger partial charge in [-0.1, -0.05) is 12.1 Å². The zero-order chi connectivity index (χ0) is 12.3. The summed E-state index contributed by atoms with van der Waals surface area (Å²) in [6, 6.07) is 11.8. The van der Waals surface area contributed by atoms with Crippen molar-refractivity contribution in [3.63, 3.8) is 0 Å². The molecule has 17 heavy (non-hydrogen) atoms. The lowest BCUT2D eigenvalue weighted by Gasteiger charge is -2.08. The summed E-state index contributed by atoms with van der Waals surface area (Å²) in [5.74, 6) is -1.00. The van der Waals surface area contributed by atoms with Crippen molar-refractivity contribution < 1.29 is 8.78 Å². The quantitative estimate of drug-likeness (QED) is 0.855. The van der Waals surface area contributed by atoms with Gasteiger partial charge in [-0.3, -0.25) is 0 Å². The molecule has 0 saturated carbocycles. The first kappa shape index (κ1) is 11.1. The van der Waals surface area contributed by atoms with Gasteiger partial charge in [-0.2, -0.15) is 5.26 Å². The number of hydrogen-bond donors (Lipinski definition) is 1. The predicted octanol–water partition coefficient (Wildman–Crippen LogP) is 3.58. The predicted molar refractivity (Wildman–Crippen MR) is 60.8 cm³/mol. The molecule has 0 radical (unpaired) electrons. The fourth-order valence-corrected chi connectivity index (χ4v) is 1.46. The topological polar surface area (TPSA) is 35.8 Å². The molecular weight excluding hydrogens is 222 g/mol. The number of nitrogens with one attached hydrogen (secondary N) is 1. The molecular formula is C13H8F2N2.